The van der Waals surface area contributed by atoms with Gasteiger partial charge in [-0.3, -0.25) is 4.98 Å². The van der Waals surface area contributed by atoms with Crippen LogP contribution in [-0.4, -0.2) is 10.3 Å². The summed E-state index contributed by atoms with van der Waals surface area (Å²) in [7, 11) is 0. The molecule has 1 rings (SSSR count). The van der Waals surface area contributed by atoms with E-state index >= 15 is 0 Å². The molecule has 0 aliphatic carbocycles. The first kappa shape index (κ1) is 10.5. The van der Waals surface area contributed by atoms with E-state index in [2.05, 4.69) is 27.0 Å². The maximum absolute atomic E-state index is 8.84. The van der Waals surface area contributed by atoms with Gasteiger partial charge < -0.3 is 0 Å². The molecule has 13 heavy (non-hydrogen) atoms. The van der Waals surface area contributed by atoms with E-state index in [0.29, 0.717) is 10.4 Å². The van der Waals surface area contributed by atoms with Crippen LogP contribution in [0.4, 0.5) is 0 Å². The third-order valence-electron chi connectivity index (χ3n) is 1.78. The normalized spacial score (nSPS) is 12.2. The minimum Gasteiger partial charge on any atom is -0.260 e. The third kappa shape index (κ3) is 2.20. The van der Waals surface area contributed by atoms with Gasteiger partial charge in [0.25, 0.3) is 0 Å². The fraction of sp³-hybridized carbons (Fsp3) is 0.333. The van der Waals surface area contributed by atoms with Crippen molar-refractivity contribution in [2.45, 2.75) is 12.8 Å². The van der Waals surface area contributed by atoms with Crippen LogP contribution in [0.5, 0.6) is 0 Å². The lowest BCUT2D eigenvalue weighted by Crippen LogP contribution is -1.99. The van der Waals surface area contributed by atoms with Gasteiger partial charge in [-0.2, -0.15) is 5.26 Å². The van der Waals surface area contributed by atoms with Crippen LogP contribution in [0.1, 0.15) is 17.2 Å². The van der Waals surface area contributed by atoms with Gasteiger partial charge in [-0.25, -0.2) is 0 Å². The van der Waals surface area contributed by atoms with Gasteiger partial charge in [0.05, 0.1) is 22.7 Å². The average molecular weight is 260 g/mol. The molecule has 1 aromatic rings. The lowest BCUT2D eigenvalue weighted by atomic mass is 10.0. The maximum Gasteiger partial charge on any atom is 0.0824 e. The molecule has 0 fully saturated rings. The summed E-state index contributed by atoms with van der Waals surface area (Å²) in [6.45, 7) is 1.83. The molecule has 0 aliphatic rings. The zero-order valence-electron chi connectivity index (χ0n) is 7.09. The molecule has 1 unspecified atom stereocenters. The van der Waals surface area contributed by atoms with Crippen molar-refractivity contribution in [3.63, 3.8) is 0 Å². The molecule has 0 aliphatic heterocycles. The van der Waals surface area contributed by atoms with Gasteiger partial charge in [-0.05, 0) is 18.6 Å². The summed E-state index contributed by atoms with van der Waals surface area (Å²) in [5.41, 5.74) is 1.61. The van der Waals surface area contributed by atoms with Crippen molar-refractivity contribution in [1.29, 1.82) is 5.26 Å². The fourth-order valence-corrected chi connectivity index (χ4v) is 1.76. The topological polar surface area (TPSA) is 36.7 Å². The van der Waals surface area contributed by atoms with Gasteiger partial charge >= 0.3 is 0 Å². The van der Waals surface area contributed by atoms with Crippen LogP contribution in [0.25, 0.3) is 0 Å². The lowest BCUT2D eigenvalue weighted by Gasteiger charge is -2.08. The Morgan fingerprint density at radius 2 is 2.46 bits per heavy atom. The minimum absolute atomic E-state index is 0.200. The van der Waals surface area contributed by atoms with Crippen molar-refractivity contribution in [2.24, 2.45) is 0 Å². The molecule has 1 aromatic heterocycles. The number of rotatable bonds is 2. The highest BCUT2D eigenvalue weighted by Gasteiger charge is 2.13. The average Bonchev–Trinajstić information content (AvgIpc) is 2.14. The second-order valence-electron chi connectivity index (χ2n) is 2.64. The second kappa shape index (κ2) is 4.59. The number of halogens is 2. The minimum atomic E-state index is -0.200. The largest absolute Gasteiger partial charge is 0.260 e. The SMILES string of the molecule is Cc1nccc(C(C#N)CBr)c1Cl. The van der Waals surface area contributed by atoms with Crippen molar-refractivity contribution in [2.75, 3.05) is 5.33 Å². The van der Waals surface area contributed by atoms with E-state index in [9.17, 15) is 0 Å². The second-order valence-corrected chi connectivity index (χ2v) is 3.66. The summed E-state index contributed by atoms with van der Waals surface area (Å²) in [5.74, 6) is -0.200. The van der Waals surface area contributed by atoms with E-state index < -0.39 is 0 Å². The van der Waals surface area contributed by atoms with E-state index in [1.165, 1.54) is 0 Å². The lowest BCUT2D eigenvalue weighted by molar-refractivity contribution is 0.987. The Hall–Kier alpha value is -0.590. The molecule has 0 saturated heterocycles. The highest BCUT2D eigenvalue weighted by Crippen LogP contribution is 2.26. The van der Waals surface area contributed by atoms with Crippen molar-refractivity contribution in [3.8, 4) is 6.07 Å². The van der Waals surface area contributed by atoms with Gasteiger partial charge in [0.15, 0.2) is 0 Å². The van der Waals surface area contributed by atoms with Crippen LogP contribution in [0.3, 0.4) is 0 Å². The summed E-state index contributed by atoms with van der Waals surface area (Å²) < 4.78 is 0. The van der Waals surface area contributed by atoms with Crippen molar-refractivity contribution >= 4 is 27.5 Å². The molecule has 0 spiro atoms. The number of nitrogens with zero attached hydrogens (tertiary/aromatic N) is 2. The van der Waals surface area contributed by atoms with E-state index in [4.69, 9.17) is 16.9 Å². The van der Waals surface area contributed by atoms with Crippen LogP contribution in [-0.2, 0) is 0 Å². The molecular weight excluding hydrogens is 251 g/mol. The molecule has 0 bridgehead atoms. The van der Waals surface area contributed by atoms with E-state index in [1.807, 2.05) is 6.92 Å². The Balaban J connectivity index is 3.15. The predicted octanol–water partition coefficient (Wildman–Crippen LogP) is 3.05. The Morgan fingerprint density at radius 3 is 3.00 bits per heavy atom. The van der Waals surface area contributed by atoms with E-state index in [0.717, 1.165) is 11.3 Å². The number of pyridine rings is 1. The van der Waals surface area contributed by atoms with Crippen molar-refractivity contribution in [1.82, 2.24) is 4.98 Å². The van der Waals surface area contributed by atoms with Gasteiger partial charge in [-0.1, -0.05) is 27.5 Å². The maximum atomic E-state index is 8.84. The number of alkyl halides is 1. The molecule has 2 nitrogen and oxygen atoms in total. The number of hydrogen-bond acceptors (Lipinski definition) is 2. The molecule has 0 N–H and O–H groups in total. The van der Waals surface area contributed by atoms with Gasteiger partial charge in [0.1, 0.15) is 0 Å². The molecule has 0 saturated carbocycles. The summed E-state index contributed by atoms with van der Waals surface area (Å²) in [6, 6.07) is 3.96. The Kier molecular flexibility index (Phi) is 3.71. The van der Waals surface area contributed by atoms with Crippen LogP contribution in [0.15, 0.2) is 12.3 Å². The molecule has 68 valence electrons. The molecule has 0 aromatic carbocycles. The van der Waals surface area contributed by atoms with Crippen LogP contribution in [0, 0.1) is 18.3 Å². The number of hydrogen-bond donors (Lipinski definition) is 0. The Labute approximate surface area is 90.7 Å². The van der Waals surface area contributed by atoms with E-state index in [1.54, 1.807) is 12.3 Å². The zero-order valence-corrected chi connectivity index (χ0v) is 9.43. The first-order valence-corrected chi connectivity index (χ1v) is 5.27. The van der Waals surface area contributed by atoms with Gasteiger partial charge in [0.2, 0.25) is 0 Å². The van der Waals surface area contributed by atoms with Crippen molar-refractivity contribution in [3.05, 3.63) is 28.5 Å². The van der Waals surface area contributed by atoms with Crippen LogP contribution < -0.4 is 0 Å². The molecule has 0 amide bonds. The molecular formula is C9H8BrClN2. The summed E-state index contributed by atoms with van der Waals surface area (Å²) in [5, 5.41) is 10.0. The zero-order chi connectivity index (χ0) is 9.84. The summed E-state index contributed by atoms with van der Waals surface area (Å²) in [4.78, 5) is 4.03. The summed E-state index contributed by atoms with van der Waals surface area (Å²) >= 11 is 9.28. The summed E-state index contributed by atoms with van der Waals surface area (Å²) in [6.07, 6.45) is 1.67. The Morgan fingerprint density at radius 1 is 1.77 bits per heavy atom. The van der Waals surface area contributed by atoms with Crippen LogP contribution >= 0.6 is 27.5 Å². The smallest absolute Gasteiger partial charge is 0.0824 e. The molecule has 1 heterocycles. The highest BCUT2D eigenvalue weighted by atomic mass is 79.9. The van der Waals surface area contributed by atoms with E-state index in [-0.39, 0.29) is 5.92 Å². The molecule has 4 heteroatoms. The quantitative estimate of drug-likeness (QED) is 0.766. The first-order valence-electron chi connectivity index (χ1n) is 3.77. The number of nitriles is 1. The first-order chi connectivity index (χ1) is 6.20. The van der Waals surface area contributed by atoms with Crippen molar-refractivity contribution < 1.29 is 0 Å². The molecule has 0 radical (unpaired) electrons. The number of aryl methyl sites for hydroxylation is 1. The number of aromatic nitrogens is 1. The van der Waals surface area contributed by atoms with Gasteiger partial charge in [-0.15, -0.1) is 0 Å². The Bertz CT molecular complexity index is 346. The monoisotopic (exact) mass is 258 g/mol. The highest BCUT2D eigenvalue weighted by molar-refractivity contribution is 9.09. The third-order valence-corrected chi connectivity index (χ3v) is 2.92. The standard InChI is InChI=1S/C9H8BrClN2/c1-6-9(11)8(2-3-13-6)7(4-10)5-12/h2-3,7H,4H2,1H3. The fourth-order valence-electron chi connectivity index (χ4n) is 1.02. The predicted molar refractivity (Wildman–Crippen MR) is 56.1 cm³/mol. The van der Waals surface area contributed by atoms with Gasteiger partial charge in [0, 0.05) is 11.5 Å². The van der Waals surface area contributed by atoms with Crippen LogP contribution in [0.2, 0.25) is 5.02 Å². The molecule has 1 atom stereocenters.